The number of carbonyl (C=O) groups is 1. The lowest BCUT2D eigenvalue weighted by molar-refractivity contribution is -0.128. The van der Waals surface area contributed by atoms with Crippen molar-refractivity contribution in [2.24, 2.45) is 0 Å². The van der Waals surface area contributed by atoms with E-state index in [0.717, 1.165) is 31.3 Å². The minimum Gasteiger partial charge on any atom is -0.345 e. The molecule has 82 valence electrons. The van der Waals surface area contributed by atoms with E-state index in [0.29, 0.717) is 5.75 Å². The molecule has 0 spiro atoms. The molecule has 1 aliphatic heterocycles. The van der Waals surface area contributed by atoms with Crippen LogP contribution in [-0.4, -0.2) is 47.7 Å². The van der Waals surface area contributed by atoms with Crippen molar-refractivity contribution in [3.05, 3.63) is 11.6 Å². The second kappa shape index (κ2) is 4.85. The predicted molar refractivity (Wildman–Crippen MR) is 64.8 cm³/mol. The smallest absolute Gasteiger partial charge is 0.232 e. The second-order valence-electron chi connectivity index (χ2n) is 3.34. The molecule has 0 aromatic carbocycles. The van der Waals surface area contributed by atoms with Gasteiger partial charge in [0.15, 0.2) is 5.13 Å². The van der Waals surface area contributed by atoms with Crippen LogP contribution in [0, 0.1) is 0 Å². The van der Waals surface area contributed by atoms with Gasteiger partial charge in [0.2, 0.25) is 5.91 Å². The highest BCUT2D eigenvalue weighted by molar-refractivity contribution is 7.81. The number of thiol groups is 1. The molecule has 1 fully saturated rings. The van der Waals surface area contributed by atoms with Gasteiger partial charge in [-0.15, -0.1) is 11.3 Å². The highest BCUT2D eigenvalue weighted by Crippen LogP contribution is 2.18. The molecular formula is C9H13N3OS2. The van der Waals surface area contributed by atoms with E-state index in [4.69, 9.17) is 0 Å². The normalized spacial score (nSPS) is 16.9. The molecule has 2 heterocycles. The van der Waals surface area contributed by atoms with Crippen molar-refractivity contribution in [2.75, 3.05) is 36.8 Å². The molecule has 0 saturated carbocycles. The first-order valence-electron chi connectivity index (χ1n) is 4.84. The van der Waals surface area contributed by atoms with Gasteiger partial charge in [0.1, 0.15) is 0 Å². The first-order chi connectivity index (χ1) is 7.31. The van der Waals surface area contributed by atoms with Gasteiger partial charge >= 0.3 is 0 Å². The fraction of sp³-hybridized carbons (Fsp3) is 0.556. The summed E-state index contributed by atoms with van der Waals surface area (Å²) in [4.78, 5) is 19.7. The van der Waals surface area contributed by atoms with Crippen LogP contribution in [-0.2, 0) is 4.79 Å². The number of aromatic nitrogens is 1. The van der Waals surface area contributed by atoms with E-state index in [2.05, 4.69) is 22.5 Å². The highest BCUT2D eigenvalue weighted by Gasteiger charge is 2.21. The number of nitrogens with zero attached hydrogens (tertiary/aromatic N) is 3. The molecule has 1 saturated heterocycles. The summed E-state index contributed by atoms with van der Waals surface area (Å²) < 4.78 is 0. The lowest BCUT2D eigenvalue weighted by Gasteiger charge is -2.34. The van der Waals surface area contributed by atoms with Gasteiger partial charge < -0.3 is 9.80 Å². The number of piperazine rings is 1. The van der Waals surface area contributed by atoms with Gasteiger partial charge in [0, 0.05) is 37.8 Å². The third-order valence-corrected chi connectivity index (χ3v) is 3.56. The molecule has 1 aromatic rings. The number of anilines is 1. The minimum absolute atomic E-state index is 0.122. The monoisotopic (exact) mass is 243 g/mol. The Balaban J connectivity index is 1.90. The van der Waals surface area contributed by atoms with Crippen molar-refractivity contribution in [1.29, 1.82) is 0 Å². The Hall–Kier alpha value is -0.750. The number of hydrogen-bond acceptors (Lipinski definition) is 5. The first kappa shape index (κ1) is 10.8. The number of hydrogen-bond donors (Lipinski definition) is 1. The molecule has 0 unspecified atom stereocenters. The molecule has 1 amide bonds. The van der Waals surface area contributed by atoms with E-state index in [1.54, 1.807) is 11.3 Å². The Kier molecular flexibility index (Phi) is 3.48. The minimum atomic E-state index is 0.122. The van der Waals surface area contributed by atoms with Crippen LogP contribution in [0.2, 0.25) is 0 Å². The van der Waals surface area contributed by atoms with Crippen LogP contribution in [0.1, 0.15) is 0 Å². The summed E-state index contributed by atoms with van der Waals surface area (Å²) in [6, 6.07) is 0. The predicted octanol–water partition coefficient (Wildman–Crippen LogP) is 0.722. The molecule has 2 rings (SSSR count). The Bertz CT molecular complexity index is 320. The molecule has 0 bridgehead atoms. The SMILES string of the molecule is O=C(CS)N1CCN(c2nccs2)CC1. The second-order valence-corrected chi connectivity index (χ2v) is 4.53. The van der Waals surface area contributed by atoms with E-state index in [1.165, 1.54) is 0 Å². The van der Waals surface area contributed by atoms with E-state index in [9.17, 15) is 4.79 Å². The maximum atomic E-state index is 11.4. The summed E-state index contributed by atoms with van der Waals surface area (Å²) in [5.41, 5.74) is 0. The van der Waals surface area contributed by atoms with Crippen molar-refractivity contribution in [3.63, 3.8) is 0 Å². The number of thiazole rings is 1. The first-order valence-corrected chi connectivity index (χ1v) is 6.35. The molecular weight excluding hydrogens is 230 g/mol. The van der Waals surface area contributed by atoms with Gasteiger partial charge in [-0.25, -0.2) is 4.98 Å². The van der Waals surface area contributed by atoms with E-state index in [1.807, 2.05) is 16.5 Å². The zero-order valence-electron chi connectivity index (χ0n) is 8.30. The van der Waals surface area contributed by atoms with Crippen LogP contribution in [0.25, 0.3) is 0 Å². The van der Waals surface area contributed by atoms with Gasteiger partial charge in [0.05, 0.1) is 5.75 Å². The molecule has 4 nitrogen and oxygen atoms in total. The van der Waals surface area contributed by atoms with E-state index >= 15 is 0 Å². The largest absolute Gasteiger partial charge is 0.345 e. The summed E-state index contributed by atoms with van der Waals surface area (Å²) in [7, 11) is 0. The third-order valence-electron chi connectivity index (χ3n) is 2.46. The maximum Gasteiger partial charge on any atom is 0.232 e. The van der Waals surface area contributed by atoms with Crippen LogP contribution in [0.3, 0.4) is 0 Å². The zero-order valence-corrected chi connectivity index (χ0v) is 10.0. The topological polar surface area (TPSA) is 36.4 Å². The average molecular weight is 243 g/mol. The molecule has 6 heteroatoms. The standard InChI is InChI=1S/C9H13N3OS2/c13-8(7-14)11-2-4-12(5-3-11)9-10-1-6-15-9/h1,6,14H,2-5,7H2. The Morgan fingerprint density at radius 3 is 2.73 bits per heavy atom. The van der Waals surface area contributed by atoms with Crippen molar-refractivity contribution >= 4 is 35.0 Å². The Labute approximate surface area is 98.3 Å². The van der Waals surface area contributed by atoms with Gasteiger partial charge in [-0.2, -0.15) is 12.6 Å². The third kappa shape index (κ3) is 2.43. The Morgan fingerprint density at radius 1 is 1.47 bits per heavy atom. The van der Waals surface area contributed by atoms with Crippen LogP contribution in [0.4, 0.5) is 5.13 Å². The highest BCUT2D eigenvalue weighted by atomic mass is 32.1. The molecule has 0 radical (unpaired) electrons. The lowest BCUT2D eigenvalue weighted by Crippen LogP contribution is -2.49. The van der Waals surface area contributed by atoms with E-state index < -0.39 is 0 Å². The molecule has 1 aliphatic rings. The van der Waals surface area contributed by atoms with Gasteiger partial charge in [-0.05, 0) is 0 Å². The Morgan fingerprint density at radius 2 is 2.20 bits per heavy atom. The quantitative estimate of drug-likeness (QED) is 0.778. The number of amides is 1. The van der Waals surface area contributed by atoms with Crippen molar-refractivity contribution in [1.82, 2.24) is 9.88 Å². The summed E-state index contributed by atoms with van der Waals surface area (Å²) in [6.07, 6.45) is 1.81. The van der Waals surface area contributed by atoms with Crippen molar-refractivity contribution < 1.29 is 4.79 Å². The fourth-order valence-corrected chi connectivity index (χ4v) is 2.52. The molecule has 0 atom stereocenters. The maximum absolute atomic E-state index is 11.4. The summed E-state index contributed by atoms with van der Waals surface area (Å²) >= 11 is 5.63. The molecule has 0 aliphatic carbocycles. The summed E-state index contributed by atoms with van der Waals surface area (Å²) in [6.45, 7) is 3.29. The van der Waals surface area contributed by atoms with Crippen LogP contribution < -0.4 is 4.90 Å². The van der Waals surface area contributed by atoms with Gasteiger partial charge in [-0.1, -0.05) is 0 Å². The van der Waals surface area contributed by atoms with Crippen LogP contribution in [0.5, 0.6) is 0 Å². The lowest BCUT2D eigenvalue weighted by atomic mass is 10.3. The van der Waals surface area contributed by atoms with E-state index in [-0.39, 0.29) is 5.91 Å². The number of carbonyl (C=O) groups excluding carboxylic acids is 1. The molecule has 0 N–H and O–H groups in total. The molecule has 15 heavy (non-hydrogen) atoms. The van der Waals surface area contributed by atoms with Gasteiger partial charge in [-0.3, -0.25) is 4.79 Å². The van der Waals surface area contributed by atoms with Gasteiger partial charge in [0.25, 0.3) is 0 Å². The summed E-state index contributed by atoms with van der Waals surface area (Å²) in [5, 5.41) is 3.02. The van der Waals surface area contributed by atoms with Crippen molar-refractivity contribution in [2.45, 2.75) is 0 Å². The fourth-order valence-electron chi connectivity index (χ4n) is 1.62. The molecule has 1 aromatic heterocycles. The number of rotatable bonds is 2. The average Bonchev–Trinajstić information content (AvgIpc) is 2.82. The van der Waals surface area contributed by atoms with Crippen molar-refractivity contribution in [3.8, 4) is 0 Å². The summed E-state index contributed by atoms with van der Waals surface area (Å²) in [5.74, 6) is 0.425. The van der Waals surface area contributed by atoms with Crippen LogP contribution in [0.15, 0.2) is 11.6 Å². The van der Waals surface area contributed by atoms with Crippen LogP contribution >= 0.6 is 24.0 Å². The zero-order chi connectivity index (χ0) is 10.7.